The van der Waals surface area contributed by atoms with E-state index in [0.29, 0.717) is 0 Å². The number of hydrogen-bond donors (Lipinski definition) is 1. The third kappa shape index (κ3) is 1.33. The van der Waals surface area contributed by atoms with Gasteiger partial charge >= 0.3 is 0 Å². The van der Waals surface area contributed by atoms with E-state index in [1.54, 1.807) is 0 Å². The first kappa shape index (κ1) is 9.40. The molecule has 0 radical (unpaired) electrons. The van der Waals surface area contributed by atoms with Crippen LogP contribution < -0.4 is 5.73 Å². The van der Waals surface area contributed by atoms with Crippen molar-refractivity contribution in [3.63, 3.8) is 0 Å². The SMILES string of the molecule is CCc1nc2n(c1C1(N)CC1)CCCC2. The Morgan fingerprint density at radius 3 is 2.87 bits per heavy atom. The normalized spacial score (nSPS) is 22.5. The topological polar surface area (TPSA) is 43.8 Å². The van der Waals surface area contributed by atoms with E-state index in [0.717, 1.165) is 32.2 Å². The summed E-state index contributed by atoms with van der Waals surface area (Å²) in [5.41, 5.74) is 8.95. The molecule has 0 unspecified atom stereocenters. The summed E-state index contributed by atoms with van der Waals surface area (Å²) in [4.78, 5) is 4.76. The largest absolute Gasteiger partial charge is 0.330 e. The third-order valence-electron chi connectivity index (χ3n) is 3.75. The maximum Gasteiger partial charge on any atom is 0.109 e. The first-order valence-corrected chi connectivity index (χ1v) is 6.12. The Morgan fingerprint density at radius 1 is 1.40 bits per heavy atom. The van der Waals surface area contributed by atoms with Gasteiger partial charge < -0.3 is 10.3 Å². The first-order valence-electron chi connectivity index (χ1n) is 6.12. The van der Waals surface area contributed by atoms with E-state index in [-0.39, 0.29) is 5.54 Å². The van der Waals surface area contributed by atoms with Gasteiger partial charge in [-0.25, -0.2) is 4.98 Å². The molecule has 1 aromatic rings. The van der Waals surface area contributed by atoms with Gasteiger partial charge in [0.1, 0.15) is 5.82 Å². The van der Waals surface area contributed by atoms with Gasteiger partial charge in [0.05, 0.1) is 16.9 Å². The molecule has 0 spiro atoms. The van der Waals surface area contributed by atoms with Gasteiger partial charge in [0.15, 0.2) is 0 Å². The van der Waals surface area contributed by atoms with Crippen molar-refractivity contribution >= 4 is 0 Å². The van der Waals surface area contributed by atoms with Crippen LogP contribution in [0.3, 0.4) is 0 Å². The molecule has 0 saturated heterocycles. The Balaban J connectivity index is 2.12. The van der Waals surface area contributed by atoms with E-state index in [9.17, 15) is 0 Å². The molecule has 15 heavy (non-hydrogen) atoms. The zero-order chi connectivity index (χ0) is 10.5. The van der Waals surface area contributed by atoms with E-state index < -0.39 is 0 Å². The second-order valence-corrected chi connectivity index (χ2v) is 4.94. The number of nitrogens with two attached hydrogens (primary N) is 1. The minimum absolute atomic E-state index is 0.0199. The summed E-state index contributed by atoms with van der Waals surface area (Å²) in [6.45, 7) is 3.32. The molecule has 2 aliphatic rings. The summed E-state index contributed by atoms with van der Waals surface area (Å²) in [6.07, 6.45) is 7.03. The lowest BCUT2D eigenvalue weighted by Gasteiger charge is -2.19. The van der Waals surface area contributed by atoms with Crippen LogP contribution in [0.1, 0.15) is 49.8 Å². The molecule has 0 aromatic carbocycles. The molecule has 3 heteroatoms. The van der Waals surface area contributed by atoms with Gasteiger partial charge in [-0.1, -0.05) is 6.92 Å². The molecular formula is C12H19N3. The highest BCUT2D eigenvalue weighted by Crippen LogP contribution is 2.45. The average Bonchev–Trinajstić information content (AvgIpc) is 2.87. The molecule has 0 atom stereocenters. The zero-order valence-corrected chi connectivity index (χ0v) is 9.42. The molecule has 82 valence electrons. The van der Waals surface area contributed by atoms with Crippen LogP contribution in [0.4, 0.5) is 0 Å². The van der Waals surface area contributed by atoms with Crippen molar-refractivity contribution in [2.24, 2.45) is 5.73 Å². The van der Waals surface area contributed by atoms with Gasteiger partial charge in [0.2, 0.25) is 0 Å². The van der Waals surface area contributed by atoms with Crippen molar-refractivity contribution < 1.29 is 0 Å². The van der Waals surface area contributed by atoms with E-state index in [4.69, 9.17) is 10.7 Å². The Hall–Kier alpha value is -0.830. The fourth-order valence-corrected chi connectivity index (χ4v) is 2.71. The molecule has 1 aromatic heterocycles. The first-order chi connectivity index (χ1) is 7.24. The van der Waals surface area contributed by atoms with Crippen LogP contribution >= 0.6 is 0 Å². The molecule has 0 amide bonds. The standard InChI is InChI=1S/C12H19N3/c1-2-9-11(12(13)6-7-12)15-8-4-3-5-10(15)14-9/h2-8,13H2,1H3. The Morgan fingerprint density at radius 2 is 2.20 bits per heavy atom. The highest BCUT2D eigenvalue weighted by atomic mass is 15.1. The van der Waals surface area contributed by atoms with Gasteiger partial charge in [0.25, 0.3) is 0 Å². The van der Waals surface area contributed by atoms with Crippen LogP contribution in [0.5, 0.6) is 0 Å². The van der Waals surface area contributed by atoms with E-state index >= 15 is 0 Å². The molecule has 0 bridgehead atoms. The van der Waals surface area contributed by atoms with Crippen molar-refractivity contribution in [1.29, 1.82) is 0 Å². The van der Waals surface area contributed by atoms with Gasteiger partial charge in [-0.15, -0.1) is 0 Å². The molecule has 1 aliphatic heterocycles. The molecule has 3 nitrogen and oxygen atoms in total. The number of fused-ring (bicyclic) bond motifs is 1. The summed E-state index contributed by atoms with van der Waals surface area (Å²) in [6, 6.07) is 0. The fourth-order valence-electron chi connectivity index (χ4n) is 2.71. The van der Waals surface area contributed by atoms with E-state index in [2.05, 4.69) is 11.5 Å². The molecule has 3 rings (SSSR count). The lowest BCUT2D eigenvalue weighted by atomic mass is 10.1. The number of nitrogens with zero attached hydrogens (tertiary/aromatic N) is 2. The Bertz CT molecular complexity index is 388. The van der Waals surface area contributed by atoms with Crippen molar-refractivity contribution in [3.8, 4) is 0 Å². The van der Waals surface area contributed by atoms with Crippen LogP contribution in [0.25, 0.3) is 0 Å². The summed E-state index contributed by atoms with van der Waals surface area (Å²) in [5, 5.41) is 0. The molecule has 1 saturated carbocycles. The zero-order valence-electron chi connectivity index (χ0n) is 9.42. The molecule has 2 heterocycles. The second kappa shape index (κ2) is 3.08. The number of imidazole rings is 1. The van der Waals surface area contributed by atoms with Crippen molar-refractivity contribution in [1.82, 2.24) is 9.55 Å². The summed E-state index contributed by atoms with van der Waals surface area (Å²) < 4.78 is 2.41. The number of hydrogen-bond acceptors (Lipinski definition) is 2. The molecular weight excluding hydrogens is 186 g/mol. The maximum absolute atomic E-state index is 6.35. The highest BCUT2D eigenvalue weighted by Gasteiger charge is 2.45. The molecule has 2 N–H and O–H groups in total. The lowest BCUT2D eigenvalue weighted by molar-refractivity contribution is 0.488. The van der Waals surface area contributed by atoms with E-state index in [1.807, 2.05) is 0 Å². The summed E-state index contributed by atoms with van der Waals surface area (Å²) in [7, 11) is 0. The summed E-state index contributed by atoms with van der Waals surface area (Å²) in [5.74, 6) is 1.28. The summed E-state index contributed by atoms with van der Waals surface area (Å²) >= 11 is 0. The van der Waals surface area contributed by atoms with Crippen LogP contribution in [0.2, 0.25) is 0 Å². The van der Waals surface area contributed by atoms with Crippen molar-refractivity contribution in [2.45, 2.75) is 57.5 Å². The number of aromatic nitrogens is 2. The quantitative estimate of drug-likeness (QED) is 0.799. The van der Waals surface area contributed by atoms with Crippen LogP contribution in [-0.2, 0) is 24.9 Å². The van der Waals surface area contributed by atoms with Crippen molar-refractivity contribution in [2.75, 3.05) is 0 Å². The predicted molar refractivity (Wildman–Crippen MR) is 59.6 cm³/mol. The maximum atomic E-state index is 6.35. The predicted octanol–water partition coefficient (Wildman–Crippen LogP) is 1.73. The van der Waals surface area contributed by atoms with Gasteiger partial charge in [-0.2, -0.15) is 0 Å². The molecule has 1 fully saturated rings. The van der Waals surface area contributed by atoms with Gasteiger partial charge in [-0.3, -0.25) is 0 Å². The second-order valence-electron chi connectivity index (χ2n) is 4.94. The number of rotatable bonds is 2. The smallest absolute Gasteiger partial charge is 0.109 e. The van der Waals surface area contributed by atoms with Crippen LogP contribution in [0.15, 0.2) is 0 Å². The fraction of sp³-hybridized carbons (Fsp3) is 0.750. The number of aryl methyl sites for hydroxylation is 2. The molecule has 1 aliphatic carbocycles. The Kier molecular flexibility index (Phi) is 1.93. The third-order valence-corrected chi connectivity index (χ3v) is 3.75. The highest BCUT2D eigenvalue weighted by molar-refractivity contribution is 5.31. The lowest BCUT2D eigenvalue weighted by Crippen LogP contribution is -2.26. The van der Waals surface area contributed by atoms with E-state index in [1.165, 1.54) is 30.1 Å². The minimum atomic E-state index is -0.0199. The monoisotopic (exact) mass is 205 g/mol. The average molecular weight is 205 g/mol. The Labute approximate surface area is 90.7 Å². The van der Waals surface area contributed by atoms with Gasteiger partial charge in [-0.05, 0) is 32.1 Å². The van der Waals surface area contributed by atoms with Crippen LogP contribution in [-0.4, -0.2) is 9.55 Å². The van der Waals surface area contributed by atoms with Crippen LogP contribution in [0, 0.1) is 0 Å². The van der Waals surface area contributed by atoms with Crippen molar-refractivity contribution in [3.05, 3.63) is 17.2 Å². The van der Waals surface area contributed by atoms with Gasteiger partial charge in [0, 0.05) is 13.0 Å². The minimum Gasteiger partial charge on any atom is -0.330 e.